The summed E-state index contributed by atoms with van der Waals surface area (Å²) < 4.78 is 36.6. The summed E-state index contributed by atoms with van der Waals surface area (Å²) >= 11 is 2.68. The molecule has 2 atom stereocenters. The van der Waals surface area contributed by atoms with E-state index in [0.717, 1.165) is 25.9 Å². The topological polar surface area (TPSA) is 3.24 Å². The SMILES string of the molecule is CCC1CCN(CC(Br)C(F)(F)F)C1. The lowest BCUT2D eigenvalue weighted by atomic mass is 10.1. The van der Waals surface area contributed by atoms with E-state index >= 15 is 0 Å². The molecule has 14 heavy (non-hydrogen) atoms. The summed E-state index contributed by atoms with van der Waals surface area (Å²) in [6, 6.07) is 0. The van der Waals surface area contributed by atoms with E-state index in [1.807, 2.05) is 4.90 Å². The maximum Gasteiger partial charge on any atom is 0.402 e. The molecule has 1 fully saturated rings. The van der Waals surface area contributed by atoms with Gasteiger partial charge in [0.05, 0.1) is 0 Å². The second kappa shape index (κ2) is 4.84. The van der Waals surface area contributed by atoms with Gasteiger partial charge in [0.15, 0.2) is 0 Å². The molecule has 0 saturated carbocycles. The molecule has 0 aromatic heterocycles. The highest BCUT2D eigenvalue weighted by atomic mass is 79.9. The number of likely N-dealkylation sites (tertiary alicyclic amines) is 1. The molecule has 0 aliphatic carbocycles. The number of nitrogens with zero attached hydrogens (tertiary/aromatic N) is 1. The van der Waals surface area contributed by atoms with Crippen LogP contribution in [-0.2, 0) is 0 Å². The third kappa shape index (κ3) is 3.42. The Morgan fingerprint density at radius 1 is 1.50 bits per heavy atom. The summed E-state index contributed by atoms with van der Waals surface area (Å²) in [5.74, 6) is 0.586. The zero-order chi connectivity index (χ0) is 10.8. The molecule has 1 nitrogen and oxygen atoms in total. The molecule has 1 aliphatic heterocycles. The van der Waals surface area contributed by atoms with Crippen molar-refractivity contribution in [3.8, 4) is 0 Å². The van der Waals surface area contributed by atoms with Gasteiger partial charge in [-0.25, -0.2) is 0 Å². The molecule has 0 aromatic rings. The van der Waals surface area contributed by atoms with Crippen molar-refractivity contribution in [1.82, 2.24) is 4.90 Å². The average molecular weight is 274 g/mol. The summed E-state index contributed by atoms with van der Waals surface area (Å²) in [5, 5.41) is 0. The smallest absolute Gasteiger partial charge is 0.302 e. The fourth-order valence-electron chi connectivity index (χ4n) is 1.74. The van der Waals surface area contributed by atoms with Crippen molar-refractivity contribution >= 4 is 15.9 Å². The van der Waals surface area contributed by atoms with Gasteiger partial charge in [0.2, 0.25) is 0 Å². The molecule has 0 radical (unpaired) electrons. The molecular weight excluding hydrogens is 259 g/mol. The fraction of sp³-hybridized carbons (Fsp3) is 1.00. The van der Waals surface area contributed by atoms with Crippen LogP contribution in [0.2, 0.25) is 0 Å². The zero-order valence-electron chi connectivity index (χ0n) is 8.15. The van der Waals surface area contributed by atoms with E-state index in [0.29, 0.717) is 5.92 Å². The Hall–Kier alpha value is 0.230. The zero-order valence-corrected chi connectivity index (χ0v) is 9.74. The largest absolute Gasteiger partial charge is 0.402 e. The fourth-order valence-corrected chi connectivity index (χ4v) is 2.15. The lowest BCUT2D eigenvalue weighted by Gasteiger charge is -2.21. The highest BCUT2D eigenvalue weighted by Gasteiger charge is 2.39. The van der Waals surface area contributed by atoms with E-state index in [-0.39, 0.29) is 6.54 Å². The summed E-state index contributed by atoms with van der Waals surface area (Å²) in [5.41, 5.74) is 0. The van der Waals surface area contributed by atoms with Gasteiger partial charge in [-0.2, -0.15) is 13.2 Å². The first-order valence-electron chi connectivity index (χ1n) is 4.86. The van der Waals surface area contributed by atoms with E-state index in [4.69, 9.17) is 0 Å². The molecule has 2 unspecified atom stereocenters. The average Bonchev–Trinajstić information content (AvgIpc) is 2.50. The number of halogens is 4. The summed E-state index contributed by atoms with van der Waals surface area (Å²) in [6.07, 6.45) is -2.02. The Morgan fingerprint density at radius 2 is 2.14 bits per heavy atom. The van der Waals surface area contributed by atoms with Crippen LogP contribution in [0, 0.1) is 5.92 Å². The van der Waals surface area contributed by atoms with E-state index < -0.39 is 11.0 Å². The van der Waals surface area contributed by atoms with Gasteiger partial charge in [0.1, 0.15) is 4.83 Å². The van der Waals surface area contributed by atoms with E-state index in [9.17, 15) is 13.2 Å². The number of rotatable bonds is 3. The van der Waals surface area contributed by atoms with Crippen molar-refractivity contribution in [2.24, 2.45) is 5.92 Å². The maximum atomic E-state index is 12.2. The highest BCUT2D eigenvalue weighted by Crippen LogP contribution is 2.29. The second-order valence-electron chi connectivity index (χ2n) is 3.83. The monoisotopic (exact) mass is 273 g/mol. The van der Waals surface area contributed by atoms with Crippen LogP contribution in [0.25, 0.3) is 0 Å². The molecule has 0 N–H and O–H groups in total. The minimum Gasteiger partial charge on any atom is -0.302 e. The first kappa shape index (κ1) is 12.3. The van der Waals surface area contributed by atoms with Crippen molar-refractivity contribution in [3.05, 3.63) is 0 Å². The van der Waals surface area contributed by atoms with E-state index in [1.54, 1.807) is 0 Å². The normalized spacial score (nSPS) is 26.8. The molecule has 5 heteroatoms. The molecule has 1 aliphatic rings. The minimum atomic E-state index is -4.12. The summed E-state index contributed by atoms with van der Waals surface area (Å²) in [4.78, 5) is 0.506. The van der Waals surface area contributed by atoms with Gasteiger partial charge in [-0.3, -0.25) is 0 Å². The summed E-state index contributed by atoms with van der Waals surface area (Å²) in [6.45, 7) is 3.79. The Bertz CT molecular complexity index is 183. The van der Waals surface area contributed by atoms with Crippen molar-refractivity contribution in [1.29, 1.82) is 0 Å². The standard InChI is InChI=1S/C9H15BrF3N/c1-2-7-3-4-14(5-7)6-8(10)9(11,12)13/h7-8H,2-6H2,1H3. The van der Waals surface area contributed by atoms with Crippen LogP contribution in [0.4, 0.5) is 13.2 Å². The summed E-state index contributed by atoms with van der Waals surface area (Å²) in [7, 11) is 0. The molecule has 0 bridgehead atoms. The Morgan fingerprint density at radius 3 is 2.57 bits per heavy atom. The number of hydrogen-bond donors (Lipinski definition) is 0. The maximum absolute atomic E-state index is 12.2. The molecular formula is C9H15BrF3N. The van der Waals surface area contributed by atoms with Gasteiger partial charge in [-0.15, -0.1) is 0 Å². The minimum absolute atomic E-state index is 0.0833. The van der Waals surface area contributed by atoms with Crippen LogP contribution in [-0.4, -0.2) is 35.5 Å². The molecule has 84 valence electrons. The quantitative estimate of drug-likeness (QED) is 0.715. The number of hydrogen-bond acceptors (Lipinski definition) is 1. The van der Waals surface area contributed by atoms with Crippen molar-refractivity contribution in [2.75, 3.05) is 19.6 Å². The van der Waals surface area contributed by atoms with Crippen molar-refractivity contribution in [2.45, 2.75) is 30.8 Å². The van der Waals surface area contributed by atoms with Gasteiger partial charge < -0.3 is 4.90 Å². The van der Waals surface area contributed by atoms with E-state index in [1.165, 1.54) is 0 Å². The van der Waals surface area contributed by atoms with Crippen LogP contribution >= 0.6 is 15.9 Å². The Kier molecular flexibility index (Phi) is 4.25. The third-order valence-electron chi connectivity index (χ3n) is 2.72. The molecule has 1 rings (SSSR count). The van der Waals surface area contributed by atoms with Crippen molar-refractivity contribution in [3.63, 3.8) is 0 Å². The van der Waals surface area contributed by atoms with Crippen LogP contribution in [0.3, 0.4) is 0 Å². The van der Waals surface area contributed by atoms with Gasteiger partial charge in [0, 0.05) is 13.1 Å². The molecule has 0 aromatic carbocycles. The first-order chi connectivity index (χ1) is 6.43. The van der Waals surface area contributed by atoms with Crippen LogP contribution in [0.1, 0.15) is 19.8 Å². The van der Waals surface area contributed by atoms with Gasteiger partial charge >= 0.3 is 6.18 Å². The van der Waals surface area contributed by atoms with Gasteiger partial charge in [-0.1, -0.05) is 29.3 Å². The van der Waals surface area contributed by atoms with E-state index in [2.05, 4.69) is 22.9 Å². The number of alkyl halides is 4. The van der Waals surface area contributed by atoms with Crippen LogP contribution < -0.4 is 0 Å². The molecule has 0 spiro atoms. The van der Waals surface area contributed by atoms with Crippen LogP contribution in [0.5, 0.6) is 0 Å². The van der Waals surface area contributed by atoms with Gasteiger partial charge in [-0.05, 0) is 18.9 Å². The van der Waals surface area contributed by atoms with Crippen molar-refractivity contribution < 1.29 is 13.2 Å². The lowest BCUT2D eigenvalue weighted by Crippen LogP contribution is -2.36. The van der Waals surface area contributed by atoms with Gasteiger partial charge in [0.25, 0.3) is 0 Å². The second-order valence-corrected chi connectivity index (χ2v) is 4.94. The van der Waals surface area contributed by atoms with Crippen LogP contribution in [0.15, 0.2) is 0 Å². The molecule has 1 saturated heterocycles. The molecule has 0 amide bonds. The predicted molar refractivity (Wildman–Crippen MR) is 53.6 cm³/mol. The Balaban J connectivity index is 2.32. The highest BCUT2D eigenvalue weighted by molar-refractivity contribution is 9.09. The first-order valence-corrected chi connectivity index (χ1v) is 5.78. The lowest BCUT2D eigenvalue weighted by molar-refractivity contribution is -0.130. The predicted octanol–water partition coefficient (Wildman–Crippen LogP) is 3.04. The Labute approximate surface area is 90.8 Å². The molecule has 1 heterocycles. The third-order valence-corrected chi connectivity index (χ3v) is 3.53.